The summed E-state index contributed by atoms with van der Waals surface area (Å²) in [6.07, 6.45) is 5.59. The first-order chi connectivity index (χ1) is 9.31. The van der Waals surface area contributed by atoms with Gasteiger partial charge in [-0.15, -0.1) is 11.3 Å². The van der Waals surface area contributed by atoms with Gasteiger partial charge in [-0.1, -0.05) is 25.0 Å². The lowest BCUT2D eigenvalue weighted by Gasteiger charge is -2.12. The Morgan fingerprint density at radius 1 is 1.32 bits per heavy atom. The van der Waals surface area contributed by atoms with E-state index in [1.165, 1.54) is 36.9 Å². The van der Waals surface area contributed by atoms with Gasteiger partial charge in [-0.05, 0) is 37.8 Å². The van der Waals surface area contributed by atoms with Crippen molar-refractivity contribution in [2.24, 2.45) is 5.92 Å². The zero-order valence-electron chi connectivity index (χ0n) is 11.4. The fourth-order valence-corrected chi connectivity index (χ4v) is 3.38. The SMILES string of the molecule is Cc1nc(-c2cccc(NCC3CCCC3)c2)cs1. The number of benzene rings is 1. The van der Waals surface area contributed by atoms with E-state index in [4.69, 9.17) is 0 Å². The molecule has 1 saturated carbocycles. The fourth-order valence-electron chi connectivity index (χ4n) is 2.76. The lowest BCUT2D eigenvalue weighted by molar-refractivity contribution is 0.580. The van der Waals surface area contributed by atoms with E-state index in [0.717, 1.165) is 23.2 Å². The zero-order valence-corrected chi connectivity index (χ0v) is 12.2. The molecule has 2 aromatic rings. The van der Waals surface area contributed by atoms with Crippen LogP contribution in [0.5, 0.6) is 0 Å². The van der Waals surface area contributed by atoms with Crippen LogP contribution in [0, 0.1) is 12.8 Å². The maximum absolute atomic E-state index is 4.55. The zero-order chi connectivity index (χ0) is 13.1. The molecule has 1 N–H and O–H groups in total. The lowest BCUT2D eigenvalue weighted by atomic mass is 10.1. The fraction of sp³-hybridized carbons (Fsp3) is 0.438. The maximum atomic E-state index is 4.55. The summed E-state index contributed by atoms with van der Waals surface area (Å²) in [5.74, 6) is 0.866. The summed E-state index contributed by atoms with van der Waals surface area (Å²) in [6.45, 7) is 3.16. The third-order valence-corrected chi connectivity index (χ3v) is 4.62. The van der Waals surface area contributed by atoms with Crippen molar-refractivity contribution < 1.29 is 0 Å². The molecule has 0 unspecified atom stereocenters. The predicted octanol–water partition coefficient (Wildman–Crippen LogP) is 4.72. The van der Waals surface area contributed by atoms with Gasteiger partial charge in [0.1, 0.15) is 0 Å². The molecular formula is C16H20N2S. The Bertz CT molecular complexity index is 541. The first kappa shape index (κ1) is 12.7. The van der Waals surface area contributed by atoms with Crippen LogP contribution in [0.2, 0.25) is 0 Å². The van der Waals surface area contributed by atoms with Gasteiger partial charge >= 0.3 is 0 Å². The van der Waals surface area contributed by atoms with Crippen LogP contribution >= 0.6 is 11.3 Å². The van der Waals surface area contributed by atoms with Crippen molar-refractivity contribution in [1.29, 1.82) is 0 Å². The molecule has 19 heavy (non-hydrogen) atoms. The van der Waals surface area contributed by atoms with E-state index in [1.807, 2.05) is 0 Å². The third kappa shape index (κ3) is 3.16. The number of hydrogen-bond acceptors (Lipinski definition) is 3. The molecule has 2 nitrogen and oxygen atoms in total. The van der Waals surface area contributed by atoms with Crippen molar-refractivity contribution in [2.75, 3.05) is 11.9 Å². The Morgan fingerprint density at radius 3 is 2.89 bits per heavy atom. The van der Waals surface area contributed by atoms with E-state index in [0.29, 0.717) is 0 Å². The molecule has 0 amide bonds. The largest absolute Gasteiger partial charge is 0.385 e. The number of hydrogen-bond donors (Lipinski definition) is 1. The Kier molecular flexibility index (Phi) is 3.83. The number of anilines is 1. The second-order valence-corrected chi connectivity index (χ2v) is 6.43. The molecule has 0 atom stereocenters. The second kappa shape index (κ2) is 5.74. The molecular weight excluding hydrogens is 252 g/mol. The molecule has 100 valence electrons. The number of nitrogens with one attached hydrogen (secondary N) is 1. The first-order valence-corrected chi connectivity index (χ1v) is 7.96. The molecule has 1 fully saturated rings. The molecule has 3 rings (SSSR count). The highest BCUT2D eigenvalue weighted by atomic mass is 32.1. The van der Waals surface area contributed by atoms with E-state index in [9.17, 15) is 0 Å². The van der Waals surface area contributed by atoms with Crippen molar-refractivity contribution in [3.63, 3.8) is 0 Å². The first-order valence-electron chi connectivity index (χ1n) is 7.08. The van der Waals surface area contributed by atoms with Gasteiger partial charge in [0.25, 0.3) is 0 Å². The standard InChI is InChI=1S/C16H20N2S/c1-12-18-16(11-19-12)14-7-4-8-15(9-14)17-10-13-5-2-3-6-13/h4,7-9,11,13,17H,2-3,5-6,10H2,1H3. The average Bonchev–Trinajstić information content (AvgIpc) is 3.08. The minimum Gasteiger partial charge on any atom is -0.385 e. The summed E-state index contributed by atoms with van der Waals surface area (Å²) < 4.78 is 0. The molecule has 0 spiro atoms. The Hall–Kier alpha value is -1.35. The second-order valence-electron chi connectivity index (χ2n) is 5.36. The Balaban J connectivity index is 1.69. The van der Waals surface area contributed by atoms with Crippen LogP contribution in [-0.4, -0.2) is 11.5 Å². The molecule has 3 heteroatoms. The van der Waals surface area contributed by atoms with E-state index >= 15 is 0 Å². The van der Waals surface area contributed by atoms with Gasteiger partial charge in [0, 0.05) is 23.2 Å². The van der Waals surface area contributed by atoms with E-state index in [-0.39, 0.29) is 0 Å². The molecule has 0 radical (unpaired) electrons. The molecule has 1 aromatic heterocycles. The highest BCUT2D eigenvalue weighted by molar-refractivity contribution is 7.09. The predicted molar refractivity (Wildman–Crippen MR) is 82.7 cm³/mol. The molecule has 1 aliphatic rings. The lowest BCUT2D eigenvalue weighted by Crippen LogP contribution is -2.10. The van der Waals surface area contributed by atoms with Crippen LogP contribution in [0.25, 0.3) is 11.3 Å². The minimum absolute atomic E-state index is 0.866. The van der Waals surface area contributed by atoms with Crippen molar-refractivity contribution >= 4 is 17.0 Å². The summed E-state index contributed by atoms with van der Waals surface area (Å²) in [4.78, 5) is 4.55. The highest BCUT2D eigenvalue weighted by Crippen LogP contribution is 2.27. The van der Waals surface area contributed by atoms with Gasteiger partial charge in [-0.3, -0.25) is 0 Å². The molecule has 0 aliphatic heterocycles. The van der Waals surface area contributed by atoms with Crippen molar-refractivity contribution in [3.05, 3.63) is 34.7 Å². The van der Waals surface area contributed by atoms with Crippen LogP contribution in [0.4, 0.5) is 5.69 Å². The quantitative estimate of drug-likeness (QED) is 0.871. The number of nitrogens with zero attached hydrogens (tertiary/aromatic N) is 1. The normalized spacial score (nSPS) is 15.8. The molecule has 0 saturated heterocycles. The van der Waals surface area contributed by atoms with Gasteiger partial charge in [-0.2, -0.15) is 0 Å². The summed E-state index contributed by atoms with van der Waals surface area (Å²) in [6, 6.07) is 8.61. The smallest absolute Gasteiger partial charge is 0.0901 e. The van der Waals surface area contributed by atoms with Gasteiger partial charge in [0.15, 0.2) is 0 Å². The van der Waals surface area contributed by atoms with Crippen molar-refractivity contribution in [2.45, 2.75) is 32.6 Å². The van der Waals surface area contributed by atoms with E-state index < -0.39 is 0 Å². The van der Waals surface area contributed by atoms with Crippen LogP contribution in [0.3, 0.4) is 0 Å². The van der Waals surface area contributed by atoms with Gasteiger partial charge < -0.3 is 5.32 Å². The van der Waals surface area contributed by atoms with Crippen LogP contribution in [-0.2, 0) is 0 Å². The molecule has 1 aliphatic carbocycles. The maximum Gasteiger partial charge on any atom is 0.0901 e. The molecule has 0 bridgehead atoms. The summed E-state index contributed by atoms with van der Waals surface area (Å²) in [7, 11) is 0. The van der Waals surface area contributed by atoms with Crippen LogP contribution in [0.15, 0.2) is 29.6 Å². The minimum atomic E-state index is 0.866. The van der Waals surface area contributed by atoms with E-state index in [2.05, 4.69) is 46.9 Å². The number of aromatic nitrogens is 1. The highest BCUT2D eigenvalue weighted by Gasteiger charge is 2.14. The number of rotatable bonds is 4. The van der Waals surface area contributed by atoms with Gasteiger partial charge in [0.05, 0.1) is 10.7 Å². The van der Waals surface area contributed by atoms with Crippen molar-refractivity contribution in [1.82, 2.24) is 4.98 Å². The van der Waals surface area contributed by atoms with Gasteiger partial charge in [-0.25, -0.2) is 4.98 Å². The summed E-state index contributed by atoms with van der Waals surface area (Å²) in [5.41, 5.74) is 3.52. The number of aryl methyl sites for hydroxylation is 1. The third-order valence-electron chi connectivity index (χ3n) is 3.85. The van der Waals surface area contributed by atoms with Crippen molar-refractivity contribution in [3.8, 4) is 11.3 Å². The summed E-state index contributed by atoms with van der Waals surface area (Å²) in [5, 5.41) is 6.83. The Labute approximate surface area is 118 Å². The van der Waals surface area contributed by atoms with Gasteiger partial charge in [0.2, 0.25) is 0 Å². The van der Waals surface area contributed by atoms with Crippen LogP contribution in [0.1, 0.15) is 30.7 Å². The molecule has 1 aromatic carbocycles. The monoisotopic (exact) mass is 272 g/mol. The topological polar surface area (TPSA) is 24.9 Å². The number of thiazole rings is 1. The summed E-state index contributed by atoms with van der Waals surface area (Å²) >= 11 is 1.71. The Morgan fingerprint density at radius 2 is 2.16 bits per heavy atom. The van der Waals surface area contributed by atoms with Crippen LogP contribution < -0.4 is 5.32 Å². The van der Waals surface area contributed by atoms with E-state index in [1.54, 1.807) is 11.3 Å². The average molecular weight is 272 g/mol. The molecule has 1 heterocycles.